The molecular weight excluding hydrogens is 239 g/mol. The number of hydrogen-bond acceptors (Lipinski definition) is 5. The predicted molar refractivity (Wildman–Crippen MR) is 53.7 cm³/mol. The summed E-state index contributed by atoms with van der Waals surface area (Å²) in [6.07, 6.45) is -7.22. The van der Waals surface area contributed by atoms with E-state index in [9.17, 15) is 13.2 Å². The molecule has 1 heterocycles. The monoisotopic (exact) mass is 253 g/mol. The third-order valence-electron chi connectivity index (χ3n) is 2.45. The molecule has 0 radical (unpaired) electrons. The Hall–Kier alpha value is -1.31. The van der Waals surface area contributed by atoms with Crippen LogP contribution in [0.15, 0.2) is 4.52 Å². The van der Waals surface area contributed by atoms with Gasteiger partial charge in [-0.05, 0) is 12.1 Å². The number of anilines is 1. The Bertz CT molecular complexity index is 367. The number of aliphatic hydroxyl groups is 1. The van der Waals surface area contributed by atoms with Crippen molar-refractivity contribution in [3.05, 3.63) is 5.89 Å². The SMILES string of the molecule is CCN(C)c1noc(C(C)C(O)C(F)(F)F)n1. The normalized spacial score (nSPS) is 15.7. The molecule has 0 spiro atoms. The molecule has 17 heavy (non-hydrogen) atoms. The van der Waals surface area contributed by atoms with Crippen LogP contribution in [0.4, 0.5) is 19.1 Å². The minimum atomic E-state index is -4.70. The Morgan fingerprint density at radius 1 is 1.47 bits per heavy atom. The highest BCUT2D eigenvalue weighted by atomic mass is 19.4. The van der Waals surface area contributed by atoms with Crippen LogP contribution in [0.3, 0.4) is 0 Å². The largest absolute Gasteiger partial charge is 0.415 e. The van der Waals surface area contributed by atoms with Crippen molar-refractivity contribution < 1.29 is 22.8 Å². The number of alkyl halides is 3. The van der Waals surface area contributed by atoms with Gasteiger partial charge in [0.05, 0.1) is 5.92 Å². The van der Waals surface area contributed by atoms with Gasteiger partial charge in [0.25, 0.3) is 5.95 Å². The molecule has 0 aromatic carbocycles. The van der Waals surface area contributed by atoms with E-state index in [0.717, 1.165) is 0 Å². The van der Waals surface area contributed by atoms with Gasteiger partial charge in [0.2, 0.25) is 5.89 Å². The van der Waals surface area contributed by atoms with Crippen molar-refractivity contribution in [3.63, 3.8) is 0 Å². The first-order valence-corrected chi connectivity index (χ1v) is 5.06. The first-order chi connectivity index (χ1) is 7.77. The van der Waals surface area contributed by atoms with Crippen molar-refractivity contribution in [2.45, 2.75) is 32.0 Å². The first kappa shape index (κ1) is 13.8. The molecule has 0 amide bonds. The molecule has 1 rings (SSSR count). The summed E-state index contributed by atoms with van der Waals surface area (Å²) >= 11 is 0. The van der Waals surface area contributed by atoms with Crippen molar-refractivity contribution in [2.24, 2.45) is 0 Å². The Morgan fingerprint density at radius 3 is 2.53 bits per heavy atom. The van der Waals surface area contributed by atoms with Crippen molar-refractivity contribution >= 4 is 5.95 Å². The van der Waals surface area contributed by atoms with Crippen molar-refractivity contribution in [3.8, 4) is 0 Å². The lowest BCUT2D eigenvalue weighted by Gasteiger charge is -2.18. The lowest BCUT2D eigenvalue weighted by molar-refractivity contribution is -0.210. The smallest absolute Gasteiger partial charge is 0.383 e. The average Bonchev–Trinajstić information content (AvgIpc) is 2.73. The van der Waals surface area contributed by atoms with Gasteiger partial charge < -0.3 is 14.5 Å². The predicted octanol–water partition coefficient (Wildman–Crippen LogP) is 1.55. The van der Waals surface area contributed by atoms with Crippen LogP contribution in [-0.4, -0.2) is 41.1 Å². The fraction of sp³-hybridized carbons (Fsp3) is 0.778. The number of halogens is 3. The van der Waals surface area contributed by atoms with Crippen LogP contribution in [0, 0.1) is 0 Å². The van der Waals surface area contributed by atoms with Crippen LogP contribution in [0.5, 0.6) is 0 Å². The molecule has 0 bridgehead atoms. The molecule has 0 aliphatic heterocycles. The van der Waals surface area contributed by atoms with Crippen LogP contribution >= 0.6 is 0 Å². The van der Waals surface area contributed by atoms with Crippen LogP contribution in [-0.2, 0) is 0 Å². The van der Waals surface area contributed by atoms with Gasteiger partial charge >= 0.3 is 6.18 Å². The highest BCUT2D eigenvalue weighted by Crippen LogP contribution is 2.31. The molecule has 98 valence electrons. The van der Waals surface area contributed by atoms with E-state index in [1.165, 1.54) is 6.92 Å². The van der Waals surface area contributed by atoms with Gasteiger partial charge in [0.1, 0.15) is 0 Å². The Labute approximate surface area is 96.2 Å². The maximum atomic E-state index is 12.3. The summed E-state index contributed by atoms with van der Waals surface area (Å²) in [6, 6.07) is 0. The fourth-order valence-electron chi connectivity index (χ4n) is 1.13. The highest BCUT2D eigenvalue weighted by molar-refractivity contribution is 5.25. The standard InChI is InChI=1S/C9H14F3N3O2/c1-4-15(3)8-13-7(17-14-8)5(2)6(16)9(10,11)12/h5-6,16H,4H2,1-3H3. The van der Waals surface area contributed by atoms with Crippen molar-refractivity contribution in [2.75, 3.05) is 18.5 Å². The van der Waals surface area contributed by atoms with E-state index in [-0.39, 0.29) is 11.8 Å². The van der Waals surface area contributed by atoms with Crippen molar-refractivity contribution in [1.29, 1.82) is 0 Å². The summed E-state index contributed by atoms with van der Waals surface area (Å²) in [5.74, 6) is -1.32. The van der Waals surface area contributed by atoms with Crippen molar-refractivity contribution in [1.82, 2.24) is 10.1 Å². The van der Waals surface area contributed by atoms with Crippen LogP contribution in [0.1, 0.15) is 25.7 Å². The quantitative estimate of drug-likeness (QED) is 0.882. The molecule has 1 aromatic heterocycles. The summed E-state index contributed by atoms with van der Waals surface area (Å²) < 4.78 is 41.5. The number of rotatable bonds is 4. The van der Waals surface area contributed by atoms with Gasteiger partial charge in [-0.2, -0.15) is 18.2 Å². The molecule has 1 N–H and O–H groups in total. The molecule has 8 heteroatoms. The summed E-state index contributed by atoms with van der Waals surface area (Å²) in [5.41, 5.74) is 0. The molecule has 0 saturated heterocycles. The average molecular weight is 253 g/mol. The second kappa shape index (κ2) is 4.91. The molecule has 1 aromatic rings. The minimum Gasteiger partial charge on any atom is -0.383 e. The molecule has 0 fully saturated rings. The first-order valence-electron chi connectivity index (χ1n) is 5.06. The Kier molecular flexibility index (Phi) is 3.97. The molecule has 0 saturated carbocycles. The third kappa shape index (κ3) is 3.09. The zero-order chi connectivity index (χ0) is 13.2. The molecule has 2 unspecified atom stereocenters. The second-order valence-corrected chi connectivity index (χ2v) is 3.72. The summed E-state index contributed by atoms with van der Waals surface area (Å²) in [7, 11) is 1.68. The van der Waals surface area contributed by atoms with Crippen LogP contribution < -0.4 is 4.90 Å². The lowest BCUT2D eigenvalue weighted by atomic mass is 10.1. The fourth-order valence-corrected chi connectivity index (χ4v) is 1.13. The molecule has 2 atom stereocenters. The zero-order valence-corrected chi connectivity index (χ0v) is 9.69. The highest BCUT2D eigenvalue weighted by Gasteiger charge is 2.44. The summed E-state index contributed by atoms with van der Waals surface area (Å²) in [6.45, 7) is 3.61. The van der Waals surface area contributed by atoms with E-state index in [4.69, 9.17) is 9.63 Å². The molecular formula is C9H14F3N3O2. The van der Waals surface area contributed by atoms with Crippen LogP contribution in [0.2, 0.25) is 0 Å². The maximum absolute atomic E-state index is 12.3. The number of hydrogen-bond donors (Lipinski definition) is 1. The lowest BCUT2D eigenvalue weighted by Crippen LogP contribution is -2.33. The third-order valence-corrected chi connectivity index (χ3v) is 2.45. The van der Waals surface area contributed by atoms with E-state index < -0.39 is 18.2 Å². The van der Waals surface area contributed by atoms with Gasteiger partial charge in [0, 0.05) is 13.6 Å². The topological polar surface area (TPSA) is 62.4 Å². The molecule has 0 aliphatic rings. The van der Waals surface area contributed by atoms with Gasteiger partial charge in [-0.3, -0.25) is 0 Å². The minimum absolute atomic E-state index is 0.198. The Morgan fingerprint density at radius 2 is 2.06 bits per heavy atom. The van der Waals surface area contributed by atoms with Gasteiger partial charge in [-0.25, -0.2) is 0 Å². The van der Waals surface area contributed by atoms with Crippen LogP contribution in [0.25, 0.3) is 0 Å². The molecule has 5 nitrogen and oxygen atoms in total. The second-order valence-electron chi connectivity index (χ2n) is 3.72. The van der Waals surface area contributed by atoms with Gasteiger partial charge in [-0.1, -0.05) is 6.92 Å². The van der Waals surface area contributed by atoms with E-state index in [1.807, 2.05) is 6.92 Å². The number of nitrogens with zero attached hydrogens (tertiary/aromatic N) is 3. The van der Waals surface area contributed by atoms with E-state index in [2.05, 4.69) is 10.1 Å². The molecule has 0 aliphatic carbocycles. The van der Waals surface area contributed by atoms with E-state index >= 15 is 0 Å². The van der Waals surface area contributed by atoms with Gasteiger partial charge in [0.15, 0.2) is 6.10 Å². The number of aromatic nitrogens is 2. The number of aliphatic hydroxyl groups excluding tert-OH is 1. The van der Waals surface area contributed by atoms with Gasteiger partial charge in [-0.15, -0.1) is 0 Å². The zero-order valence-electron chi connectivity index (χ0n) is 9.69. The summed E-state index contributed by atoms with van der Waals surface area (Å²) in [5, 5.41) is 12.6. The van der Waals surface area contributed by atoms with E-state index in [1.54, 1.807) is 11.9 Å². The van der Waals surface area contributed by atoms with E-state index in [0.29, 0.717) is 6.54 Å². The summed E-state index contributed by atoms with van der Waals surface area (Å²) in [4.78, 5) is 5.41. The maximum Gasteiger partial charge on any atom is 0.415 e. The Balaban J connectivity index is 2.83.